The van der Waals surface area contributed by atoms with Gasteiger partial charge in [-0.15, -0.1) is 0 Å². The van der Waals surface area contributed by atoms with Crippen molar-refractivity contribution in [1.29, 1.82) is 0 Å². The third-order valence-electron chi connectivity index (χ3n) is 6.97. The van der Waals surface area contributed by atoms with Crippen LogP contribution in [0.25, 0.3) is 0 Å². The van der Waals surface area contributed by atoms with Gasteiger partial charge in [0.2, 0.25) is 0 Å². The van der Waals surface area contributed by atoms with Crippen LogP contribution in [0, 0.1) is 27.4 Å². The molecule has 3 aliphatic rings. The highest BCUT2D eigenvalue weighted by molar-refractivity contribution is 5.53. The molecule has 5 heteroatoms. The zero-order valence-electron chi connectivity index (χ0n) is 13.4. The number of aryl methyl sites for hydroxylation is 1. The van der Waals surface area contributed by atoms with E-state index < -0.39 is 4.92 Å². The Balaban J connectivity index is 1.74. The number of fused-ring (bicyclic) bond motifs is 5. The molecule has 3 aliphatic carbocycles. The lowest BCUT2D eigenvalue weighted by molar-refractivity contribution is -0.386. The van der Waals surface area contributed by atoms with Crippen molar-refractivity contribution in [2.45, 2.75) is 57.5 Å². The average Bonchev–Trinajstić information content (AvgIpc) is 2.81. The summed E-state index contributed by atoms with van der Waals surface area (Å²) in [6, 6.07) is 3.20. The van der Waals surface area contributed by atoms with Crippen LogP contribution in [0.3, 0.4) is 0 Å². The zero-order valence-corrected chi connectivity index (χ0v) is 13.4. The first-order chi connectivity index (χ1) is 10.9. The van der Waals surface area contributed by atoms with Crippen molar-refractivity contribution < 1.29 is 15.1 Å². The molecule has 0 unspecified atom stereocenters. The van der Waals surface area contributed by atoms with Crippen LogP contribution in [-0.4, -0.2) is 21.2 Å². The van der Waals surface area contributed by atoms with Crippen molar-refractivity contribution in [3.05, 3.63) is 33.4 Å². The zero-order chi connectivity index (χ0) is 16.4. The smallest absolute Gasteiger partial charge is 0.310 e. The molecule has 1 aromatic carbocycles. The van der Waals surface area contributed by atoms with Gasteiger partial charge in [0.05, 0.1) is 11.0 Å². The maximum Gasteiger partial charge on any atom is 0.310 e. The van der Waals surface area contributed by atoms with E-state index in [2.05, 4.69) is 6.92 Å². The van der Waals surface area contributed by atoms with Crippen molar-refractivity contribution in [2.75, 3.05) is 0 Å². The van der Waals surface area contributed by atoms with Crippen LogP contribution in [0.1, 0.15) is 56.1 Å². The minimum Gasteiger partial charge on any atom is -0.502 e. The summed E-state index contributed by atoms with van der Waals surface area (Å²) in [7, 11) is 0. The Labute approximate surface area is 135 Å². The summed E-state index contributed by atoms with van der Waals surface area (Å²) >= 11 is 0. The molecule has 1 aromatic rings. The monoisotopic (exact) mass is 317 g/mol. The SMILES string of the molecule is C[C@@]12CC[C@@H]3c4cc([N+](=O)[O-])c(O)cc4CC[C@@H]3[C@@H]1CC[C@@H]2O. The van der Waals surface area contributed by atoms with Gasteiger partial charge in [-0.05, 0) is 78.9 Å². The van der Waals surface area contributed by atoms with Crippen LogP contribution in [0.2, 0.25) is 0 Å². The highest BCUT2D eigenvalue weighted by Gasteiger charge is 2.54. The Bertz CT molecular complexity index is 673. The van der Waals surface area contributed by atoms with Gasteiger partial charge in [0, 0.05) is 6.07 Å². The van der Waals surface area contributed by atoms with Crippen molar-refractivity contribution in [3.63, 3.8) is 0 Å². The molecule has 5 atom stereocenters. The van der Waals surface area contributed by atoms with Crippen LogP contribution in [0.15, 0.2) is 12.1 Å². The van der Waals surface area contributed by atoms with E-state index >= 15 is 0 Å². The summed E-state index contributed by atoms with van der Waals surface area (Å²) < 4.78 is 0. The van der Waals surface area contributed by atoms with Gasteiger partial charge in [-0.25, -0.2) is 0 Å². The van der Waals surface area contributed by atoms with E-state index in [1.165, 1.54) is 0 Å². The molecule has 2 N–H and O–H groups in total. The molecule has 0 spiro atoms. The first-order valence-electron chi connectivity index (χ1n) is 8.60. The molecule has 0 aromatic heterocycles. The normalized spacial score (nSPS) is 38.5. The number of nitro benzene ring substituents is 1. The molecule has 0 saturated heterocycles. The number of nitro groups is 1. The highest BCUT2D eigenvalue weighted by Crippen LogP contribution is 2.61. The van der Waals surface area contributed by atoms with Gasteiger partial charge in [-0.1, -0.05) is 6.92 Å². The Morgan fingerprint density at radius 2 is 2.04 bits per heavy atom. The fourth-order valence-electron chi connectivity index (χ4n) is 5.71. The number of rotatable bonds is 1. The second-order valence-electron chi connectivity index (χ2n) is 7.85. The summed E-state index contributed by atoms with van der Waals surface area (Å²) in [5, 5.41) is 31.4. The quantitative estimate of drug-likeness (QED) is 0.613. The molecule has 2 fully saturated rings. The van der Waals surface area contributed by atoms with Gasteiger partial charge < -0.3 is 10.2 Å². The fourth-order valence-corrected chi connectivity index (χ4v) is 5.71. The van der Waals surface area contributed by atoms with Gasteiger partial charge in [0.1, 0.15) is 0 Å². The summed E-state index contributed by atoms with van der Waals surface area (Å²) in [4.78, 5) is 10.7. The maximum absolute atomic E-state index is 11.2. The molecule has 0 radical (unpaired) electrons. The average molecular weight is 317 g/mol. The van der Waals surface area contributed by atoms with E-state index in [1.54, 1.807) is 12.1 Å². The number of nitrogens with zero attached hydrogens (tertiary/aromatic N) is 1. The number of phenolic OH excluding ortho intramolecular Hbond substituents is 1. The van der Waals surface area contributed by atoms with Gasteiger partial charge >= 0.3 is 5.69 Å². The molecule has 0 heterocycles. The van der Waals surface area contributed by atoms with Gasteiger partial charge in [-0.3, -0.25) is 10.1 Å². The number of benzene rings is 1. The molecular weight excluding hydrogens is 294 g/mol. The molecular formula is C18H23NO4. The lowest BCUT2D eigenvalue weighted by Gasteiger charge is -2.50. The summed E-state index contributed by atoms with van der Waals surface area (Å²) in [6.45, 7) is 2.22. The fraction of sp³-hybridized carbons (Fsp3) is 0.667. The lowest BCUT2D eigenvalue weighted by atomic mass is 9.55. The number of aliphatic hydroxyl groups excluding tert-OH is 1. The predicted octanol–water partition coefficient (Wildman–Crippen LogP) is 3.52. The molecule has 124 valence electrons. The number of aliphatic hydroxyl groups is 1. The molecule has 23 heavy (non-hydrogen) atoms. The first kappa shape index (κ1) is 14.9. The maximum atomic E-state index is 11.2. The topological polar surface area (TPSA) is 83.6 Å². The standard InChI is InChI=1S/C18H23NO4/c1-18-7-6-11-12(14(18)4-5-17(18)21)3-2-10-8-16(20)15(19(22)23)9-13(10)11/h8-9,11-12,14,17,20-21H,2-7H2,1H3/t11-,12-,14-,17-,18+/m0/s1. The van der Waals surface area contributed by atoms with E-state index in [0.717, 1.165) is 49.7 Å². The third kappa shape index (κ3) is 2.02. The minimum atomic E-state index is -0.495. The van der Waals surface area contributed by atoms with E-state index in [9.17, 15) is 20.3 Å². The van der Waals surface area contributed by atoms with E-state index in [0.29, 0.717) is 17.8 Å². The van der Waals surface area contributed by atoms with Gasteiger partial charge in [-0.2, -0.15) is 0 Å². The van der Waals surface area contributed by atoms with Crippen LogP contribution >= 0.6 is 0 Å². The molecule has 0 bridgehead atoms. The van der Waals surface area contributed by atoms with E-state index in [4.69, 9.17) is 0 Å². The number of hydrogen-bond donors (Lipinski definition) is 2. The van der Waals surface area contributed by atoms with Crippen molar-refractivity contribution in [1.82, 2.24) is 0 Å². The Kier molecular flexibility index (Phi) is 3.21. The third-order valence-corrected chi connectivity index (χ3v) is 6.97. The van der Waals surface area contributed by atoms with E-state index in [-0.39, 0.29) is 23.0 Å². The summed E-state index contributed by atoms with van der Waals surface area (Å²) in [6.07, 6.45) is 5.62. The summed E-state index contributed by atoms with van der Waals surface area (Å²) in [5.41, 5.74) is 1.97. The lowest BCUT2D eigenvalue weighted by Crippen LogP contribution is -2.43. The van der Waals surface area contributed by atoms with Gasteiger partial charge in [0.15, 0.2) is 5.75 Å². The van der Waals surface area contributed by atoms with Crippen molar-refractivity contribution in [3.8, 4) is 5.75 Å². The largest absolute Gasteiger partial charge is 0.502 e. The summed E-state index contributed by atoms with van der Waals surface area (Å²) in [5.74, 6) is 1.13. The Hall–Kier alpha value is -1.62. The second-order valence-corrected chi connectivity index (χ2v) is 7.85. The minimum absolute atomic E-state index is 0.0154. The van der Waals surface area contributed by atoms with Crippen molar-refractivity contribution in [2.24, 2.45) is 17.3 Å². The van der Waals surface area contributed by atoms with Crippen LogP contribution in [-0.2, 0) is 6.42 Å². The van der Waals surface area contributed by atoms with Gasteiger partial charge in [0.25, 0.3) is 0 Å². The van der Waals surface area contributed by atoms with Crippen LogP contribution in [0.5, 0.6) is 5.75 Å². The second kappa shape index (κ2) is 4.94. The Morgan fingerprint density at radius 3 is 2.78 bits per heavy atom. The predicted molar refractivity (Wildman–Crippen MR) is 85.4 cm³/mol. The number of hydrogen-bond acceptors (Lipinski definition) is 4. The molecule has 2 saturated carbocycles. The Morgan fingerprint density at radius 1 is 1.26 bits per heavy atom. The molecule has 0 aliphatic heterocycles. The molecule has 4 rings (SSSR count). The van der Waals surface area contributed by atoms with E-state index in [1.807, 2.05) is 0 Å². The number of aromatic hydroxyl groups is 1. The number of phenols is 1. The van der Waals surface area contributed by atoms with Crippen molar-refractivity contribution >= 4 is 5.69 Å². The highest BCUT2D eigenvalue weighted by atomic mass is 16.6. The van der Waals surface area contributed by atoms with Crippen LogP contribution < -0.4 is 0 Å². The first-order valence-corrected chi connectivity index (χ1v) is 8.60. The van der Waals surface area contributed by atoms with Crippen LogP contribution in [0.4, 0.5) is 5.69 Å². The molecule has 5 nitrogen and oxygen atoms in total. The molecule has 0 amide bonds.